The van der Waals surface area contributed by atoms with Gasteiger partial charge in [0.25, 0.3) is 0 Å². The molecule has 2 aromatic rings. The van der Waals surface area contributed by atoms with Crippen molar-refractivity contribution in [1.29, 1.82) is 0 Å². The zero-order valence-electron chi connectivity index (χ0n) is 9.64. The minimum atomic E-state index is 0.110. The zero-order chi connectivity index (χ0) is 11.4. The van der Waals surface area contributed by atoms with Crippen LogP contribution in [0.25, 0.3) is 10.8 Å². The molecule has 0 saturated heterocycles. The van der Waals surface area contributed by atoms with Crippen LogP contribution in [-0.2, 0) is 4.74 Å². The molecule has 0 aliphatic carbocycles. The predicted octanol–water partition coefficient (Wildman–Crippen LogP) is 3.25. The van der Waals surface area contributed by atoms with Gasteiger partial charge in [-0.3, -0.25) is 0 Å². The summed E-state index contributed by atoms with van der Waals surface area (Å²) in [4.78, 5) is 0. The van der Waals surface area contributed by atoms with Gasteiger partial charge in [-0.15, -0.1) is 0 Å². The molecule has 0 aromatic heterocycles. The van der Waals surface area contributed by atoms with Crippen molar-refractivity contribution in [3.05, 3.63) is 42.5 Å². The quantitative estimate of drug-likeness (QED) is 0.781. The third kappa shape index (κ3) is 2.34. The van der Waals surface area contributed by atoms with Crippen LogP contribution in [0, 0.1) is 0 Å². The Labute approximate surface area is 95.8 Å². The van der Waals surface area contributed by atoms with E-state index >= 15 is 0 Å². The van der Waals surface area contributed by atoms with E-state index in [4.69, 9.17) is 9.47 Å². The van der Waals surface area contributed by atoms with Crippen LogP contribution in [0.3, 0.4) is 0 Å². The minimum Gasteiger partial charge on any atom is -0.490 e. The Morgan fingerprint density at radius 2 is 1.81 bits per heavy atom. The average Bonchev–Trinajstić information content (AvgIpc) is 2.35. The van der Waals surface area contributed by atoms with Crippen LogP contribution in [0.5, 0.6) is 5.75 Å². The molecule has 0 spiro atoms. The molecule has 0 bridgehead atoms. The fraction of sp³-hybridized carbons (Fsp3) is 0.286. The first-order valence-electron chi connectivity index (χ1n) is 5.44. The van der Waals surface area contributed by atoms with Crippen molar-refractivity contribution in [3.63, 3.8) is 0 Å². The third-order valence-electron chi connectivity index (χ3n) is 2.63. The van der Waals surface area contributed by atoms with Gasteiger partial charge in [-0.25, -0.2) is 0 Å². The largest absolute Gasteiger partial charge is 0.490 e. The van der Waals surface area contributed by atoms with E-state index in [-0.39, 0.29) is 6.10 Å². The van der Waals surface area contributed by atoms with E-state index < -0.39 is 0 Å². The zero-order valence-corrected chi connectivity index (χ0v) is 9.64. The molecule has 2 heteroatoms. The number of fused-ring (bicyclic) bond motifs is 1. The van der Waals surface area contributed by atoms with Crippen molar-refractivity contribution < 1.29 is 9.47 Å². The standard InChI is InChI=1S/C14H16O2/c1-11(15-2)10-16-14-9-5-7-12-6-3-4-8-13(12)14/h3-9,11H,10H2,1-2H3. The van der Waals surface area contributed by atoms with Gasteiger partial charge in [0.15, 0.2) is 0 Å². The normalized spacial score (nSPS) is 12.6. The van der Waals surface area contributed by atoms with Gasteiger partial charge in [-0.05, 0) is 18.4 Å². The van der Waals surface area contributed by atoms with E-state index in [1.54, 1.807) is 7.11 Å². The van der Waals surface area contributed by atoms with Crippen molar-refractivity contribution in [1.82, 2.24) is 0 Å². The van der Waals surface area contributed by atoms with Crippen LogP contribution >= 0.6 is 0 Å². The number of ether oxygens (including phenoxy) is 2. The molecule has 0 aliphatic heterocycles. The van der Waals surface area contributed by atoms with Crippen LogP contribution in [0.2, 0.25) is 0 Å². The SMILES string of the molecule is COC(C)COc1cccc2ccccc12. The van der Waals surface area contributed by atoms with Crippen molar-refractivity contribution in [3.8, 4) is 5.75 Å². The second-order valence-electron chi connectivity index (χ2n) is 3.83. The molecule has 16 heavy (non-hydrogen) atoms. The third-order valence-corrected chi connectivity index (χ3v) is 2.63. The van der Waals surface area contributed by atoms with E-state index in [0.29, 0.717) is 6.61 Å². The molecule has 84 valence electrons. The van der Waals surface area contributed by atoms with Crippen molar-refractivity contribution >= 4 is 10.8 Å². The highest BCUT2D eigenvalue weighted by Crippen LogP contribution is 2.25. The lowest BCUT2D eigenvalue weighted by Crippen LogP contribution is -2.15. The Bertz CT molecular complexity index is 460. The van der Waals surface area contributed by atoms with Crippen molar-refractivity contribution in [2.24, 2.45) is 0 Å². The van der Waals surface area contributed by atoms with Gasteiger partial charge in [-0.1, -0.05) is 36.4 Å². The first-order valence-corrected chi connectivity index (χ1v) is 5.44. The number of methoxy groups -OCH3 is 1. The highest BCUT2D eigenvalue weighted by molar-refractivity contribution is 5.88. The molecule has 0 fully saturated rings. The number of rotatable bonds is 4. The topological polar surface area (TPSA) is 18.5 Å². The van der Waals surface area contributed by atoms with E-state index in [1.165, 1.54) is 5.39 Å². The first-order chi connectivity index (χ1) is 7.81. The smallest absolute Gasteiger partial charge is 0.127 e. The Balaban J connectivity index is 2.23. The Morgan fingerprint density at radius 1 is 1.06 bits per heavy atom. The van der Waals surface area contributed by atoms with Gasteiger partial charge >= 0.3 is 0 Å². The summed E-state index contributed by atoms with van der Waals surface area (Å²) in [5, 5.41) is 2.35. The summed E-state index contributed by atoms with van der Waals surface area (Å²) in [6.07, 6.45) is 0.110. The number of hydrogen-bond donors (Lipinski definition) is 0. The van der Waals surface area contributed by atoms with Crippen LogP contribution < -0.4 is 4.74 Å². The predicted molar refractivity (Wildman–Crippen MR) is 65.9 cm³/mol. The van der Waals surface area contributed by atoms with E-state index in [1.807, 2.05) is 31.2 Å². The summed E-state index contributed by atoms with van der Waals surface area (Å²) in [5.41, 5.74) is 0. The minimum absolute atomic E-state index is 0.110. The monoisotopic (exact) mass is 216 g/mol. The van der Waals surface area contributed by atoms with Gasteiger partial charge in [0.1, 0.15) is 12.4 Å². The summed E-state index contributed by atoms with van der Waals surface area (Å²) < 4.78 is 10.9. The van der Waals surface area contributed by atoms with Gasteiger partial charge in [0, 0.05) is 12.5 Å². The second kappa shape index (κ2) is 4.99. The maximum Gasteiger partial charge on any atom is 0.127 e. The van der Waals surface area contributed by atoms with Crippen LogP contribution in [0.15, 0.2) is 42.5 Å². The van der Waals surface area contributed by atoms with Crippen LogP contribution in [0.4, 0.5) is 0 Å². The van der Waals surface area contributed by atoms with Crippen molar-refractivity contribution in [2.75, 3.05) is 13.7 Å². The summed E-state index contributed by atoms with van der Waals surface area (Å²) in [6, 6.07) is 14.3. The molecule has 0 aliphatic rings. The summed E-state index contributed by atoms with van der Waals surface area (Å²) in [6.45, 7) is 2.57. The van der Waals surface area contributed by atoms with Crippen LogP contribution in [0.1, 0.15) is 6.92 Å². The Kier molecular flexibility index (Phi) is 3.42. The summed E-state index contributed by atoms with van der Waals surface area (Å²) >= 11 is 0. The van der Waals surface area contributed by atoms with Crippen molar-refractivity contribution in [2.45, 2.75) is 13.0 Å². The lowest BCUT2D eigenvalue weighted by atomic mass is 10.1. The fourth-order valence-electron chi connectivity index (χ4n) is 1.60. The summed E-state index contributed by atoms with van der Waals surface area (Å²) in [5.74, 6) is 0.919. The lowest BCUT2D eigenvalue weighted by Gasteiger charge is -2.13. The highest BCUT2D eigenvalue weighted by atomic mass is 16.5. The Morgan fingerprint density at radius 3 is 2.62 bits per heavy atom. The van der Waals surface area contributed by atoms with Gasteiger partial charge < -0.3 is 9.47 Å². The highest BCUT2D eigenvalue weighted by Gasteiger charge is 2.03. The van der Waals surface area contributed by atoms with Crippen LogP contribution in [-0.4, -0.2) is 19.8 Å². The molecule has 1 unspecified atom stereocenters. The molecular weight excluding hydrogens is 200 g/mol. The molecule has 0 radical (unpaired) electrons. The molecule has 2 rings (SSSR count). The summed E-state index contributed by atoms with van der Waals surface area (Å²) in [7, 11) is 1.69. The molecule has 0 amide bonds. The Hall–Kier alpha value is -1.54. The maximum absolute atomic E-state index is 5.75. The fourth-order valence-corrected chi connectivity index (χ4v) is 1.60. The average molecular weight is 216 g/mol. The van der Waals surface area contributed by atoms with E-state index in [9.17, 15) is 0 Å². The molecule has 1 atom stereocenters. The van der Waals surface area contributed by atoms with E-state index in [0.717, 1.165) is 11.1 Å². The maximum atomic E-state index is 5.75. The first kappa shape index (κ1) is 11.0. The van der Waals surface area contributed by atoms with Gasteiger partial charge in [0.05, 0.1) is 6.10 Å². The number of hydrogen-bond acceptors (Lipinski definition) is 2. The molecule has 0 saturated carbocycles. The molecule has 0 heterocycles. The van der Waals surface area contributed by atoms with Gasteiger partial charge in [-0.2, -0.15) is 0 Å². The molecule has 2 nitrogen and oxygen atoms in total. The lowest BCUT2D eigenvalue weighted by molar-refractivity contribution is 0.0722. The molecule has 0 N–H and O–H groups in total. The molecular formula is C14H16O2. The molecule has 2 aromatic carbocycles. The van der Waals surface area contributed by atoms with E-state index in [2.05, 4.69) is 18.2 Å². The number of benzene rings is 2. The second-order valence-corrected chi connectivity index (χ2v) is 3.83. The van der Waals surface area contributed by atoms with Gasteiger partial charge in [0.2, 0.25) is 0 Å².